The first-order chi connectivity index (χ1) is 8.49. The van der Waals surface area contributed by atoms with Crippen molar-refractivity contribution < 1.29 is 4.39 Å². The minimum Gasteiger partial charge on any atom is -0.383 e. The number of nitrogens with two attached hydrogens (primary N) is 1. The van der Waals surface area contributed by atoms with Gasteiger partial charge in [0.05, 0.1) is 4.47 Å². The van der Waals surface area contributed by atoms with E-state index in [1.165, 1.54) is 12.4 Å². The monoisotopic (exact) mass is 310 g/mol. The largest absolute Gasteiger partial charge is 0.383 e. The Morgan fingerprint density at radius 3 is 2.72 bits per heavy atom. The van der Waals surface area contributed by atoms with Crippen molar-refractivity contribution in [2.75, 3.05) is 11.1 Å². The number of benzene rings is 1. The van der Waals surface area contributed by atoms with Gasteiger partial charge in [-0.2, -0.15) is 0 Å². The van der Waals surface area contributed by atoms with Crippen LogP contribution in [-0.4, -0.2) is 9.97 Å². The molecule has 2 aromatic rings. The second-order valence-electron chi connectivity index (χ2n) is 3.94. The molecule has 0 aliphatic rings. The summed E-state index contributed by atoms with van der Waals surface area (Å²) in [5, 5.41) is 3.06. The van der Waals surface area contributed by atoms with Gasteiger partial charge in [-0.3, -0.25) is 0 Å². The zero-order valence-electron chi connectivity index (χ0n) is 9.96. The van der Waals surface area contributed by atoms with Crippen LogP contribution in [0, 0.1) is 19.7 Å². The highest BCUT2D eigenvalue weighted by Crippen LogP contribution is 2.27. The molecular weight excluding hydrogens is 299 g/mol. The van der Waals surface area contributed by atoms with Gasteiger partial charge >= 0.3 is 0 Å². The van der Waals surface area contributed by atoms with E-state index in [1.54, 1.807) is 6.07 Å². The number of aryl methyl sites for hydroxylation is 1. The van der Waals surface area contributed by atoms with E-state index in [1.807, 2.05) is 13.8 Å². The summed E-state index contributed by atoms with van der Waals surface area (Å²) in [5.74, 6) is 0.651. The number of halogens is 2. The van der Waals surface area contributed by atoms with Gasteiger partial charge in [0.1, 0.15) is 23.8 Å². The number of nitrogens with one attached hydrogen (secondary N) is 1. The molecule has 1 aromatic heterocycles. The zero-order chi connectivity index (χ0) is 13.3. The van der Waals surface area contributed by atoms with Crippen LogP contribution in [0.25, 0.3) is 0 Å². The van der Waals surface area contributed by atoms with Crippen molar-refractivity contribution in [3.05, 3.63) is 39.9 Å². The first kappa shape index (κ1) is 12.8. The molecule has 18 heavy (non-hydrogen) atoms. The highest BCUT2D eigenvalue weighted by atomic mass is 79.9. The highest BCUT2D eigenvalue weighted by Gasteiger charge is 2.09. The number of anilines is 3. The summed E-state index contributed by atoms with van der Waals surface area (Å²) in [5.41, 5.74) is 7.98. The van der Waals surface area contributed by atoms with E-state index in [0.29, 0.717) is 21.8 Å². The van der Waals surface area contributed by atoms with Crippen LogP contribution in [0.5, 0.6) is 0 Å². The Morgan fingerprint density at radius 1 is 1.28 bits per heavy atom. The smallest absolute Gasteiger partial charge is 0.139 e. The molecular formula is C12H12BrFN4. The zero-order valence-corrected chi connectivity index (χ0v) is 11.5. The van der Waals surface area contributed by atoms with Crippen LogP contribution < -0.4 is 11.1 Å². The van der Waals surface area contributed by atoms with Crippen molar-refractivity contribution in [3.63, 3.8) is 0 Å². The molecule has 0 aliphatic heterocycles. The fraction of sp³-hybridized carbons (Fsp3) is 0.167. The normalized spacial score (nSPS) is 10.4. The Morgan fingerprint density at radius 2 is 2.00 bits per heavy atom. The number of hydrogen-bond donors (Lipinski definition) is 2. The first-order valence-electron chi connectivity index (χ1n) is 5.28. The van der Waals surface area contributed by atoms with E-state index in [2.05, 4.69) is 31.2 Å². The minimum absolute atomic E-state index is 0.331. The molecule has 0 saturated carbocycles. The van der Waals surface area contributed by atoms with Gasteiger partial charge in [0, 0.05) is 11.3 Å². The van der Waals surface area contributed by atoms with Gasteiger partial charge in [-0.25, -0.2) is 14.4 Å². The van der Waals surface area contributed by atoms with Crippen molar-refractivity contribution in [3.8, 4) is 0 Å². The minimum atomic E-state index is -0.331. The lowest BCUT2D eigenvalue weighted by Gasteiger charge is -2.12. The summed E-state index contributed by atoms with van der Waals surface area (Å²) in [6.45, 7) is 3.69. The number of rotatable bonds is 2. The Balaban J connectivity index is 2.40. The molecule has 0 saturated heterocycles. The number of nitrogens with zero attached hydrogens (tertiary/aromatic N) is 2. The lowest BCUT2D eigenvalue weighted by molar-refractivity contribution is 0.621. The van der Waals surface area contributed by atoms with E-state index >= 15 is 0 Å². The second-order valence-corrected chi connectivity index (χ2v) is 4.79. The SMILES string of the molecule is Cc1cc(Br)c(F)cc1Nc1ncnc(N)c1C. The van der Waals surface area contributed by atoms with Crippen molar-refractivity contribution in [2.24, 2.45) is 0 Å². The molecule has 0 amide bonds. The van der Waals surface area contributed by atoms with E-state index in [9.17, 15) is 4.39 Å². The summed E-state index contributed by atoms with van der Waals surface area (Å²) >= 11 is 3.14. The lowest BCUT2D eigenvalue weighted by atomic mass is 10.2. The molecule has 3 N–H and O–H groups in total. The number of nitrogen functional groups attached to an aromatic ring is 1. The standard InChI is InChI=1S/C12H12BrFN4/c1-6-3-8(13)9(14)4-10(6)18-12-7(2)11(15)16-5-17-12/h3-5H,1-2H3,(H3,15,16,17,18). The van der Waals surface area contributed by atoms with E-state index in [0.717, 1.165) is 11.1 Å². The Labute approximate surface area is 113 Å². The summed E-state index contributed by atoms with van der Waals surface area (Å²) in [4.78, 5) is 7.97. The molecule has 2 rings (SSSR count). The van der Waals surface area contributed by atoms with Crippen molar-refractivity contribution in [1.82, 2.24) is 9.97 Å². The fourth-order valence-electron chi connectivity index (χ4n) is 1.50. The van der Waals surface area contributed by atoms with Crippen LogP contribution in [0.3, 0.4) is 0 Å². The Bertz CT molecular complexity index is 601. The molecule has 6 heteroatoms. The number of hydrogen-bond acceptors (Lipinski definition) is 4. The quantitative estimate of drug-likeness (QED) is 0.893. The fourth-order valence-corrected chi connectivity index (χ4v) is 1.96. The van der Waals surface area contributed by atoms with Crippen LogP contribution in [-0.2, 0) is 0 Å². The maximum Gasteiger partial charge on any atom is 0.139 e. The van der Waals surface area contributed by atoms with Gasteiger partial charge in [0.25, 0.3) is 0 Å². The molecule has 0 atom stereocenters. The summed E-state index contributed by atoms with van der Waals surface area (Å²) in [6, 6.07) is 3.12. The van der Waals surface area contributed by atoms with Crippen molar-refractivity contribution in [1.29, 1.82) is 0 Å². The molecule has 1 heterocycles. The van der Waals surface area contributed by atoms with Crippen LogP contribution in [0.2, 0.25) is 0 Å². The molecule has 0 bridgehead atoms. The van der Waals surface area contributed by atoms with E-state index in [-0.39, 0.29) is 5.82 Å². The molecule has 0 fully saturated rings. The van der Waals surface area contributed by atoms with Gasteiger partial charge in [-0.1, -0.05) is 0 Å². The van der Waals surface area contributed by atoms with E-state index < -0.39 is 0 Å². The third-order valence-electron chi connectivity index (χ3n) is 2.64. The number of aromatic nitrogens is 2. The van der Waals surface area contributed by atoms with Crippen molar-refractivity contribution >= 4 is 33.3 Å². The average Bonchev–Trinajstić information content (AvgIpc) is 2.32. The molecule has 0 radical (unpaired) electrons. The highest BCUT2D eigenvalue weighted by molar-refractivity contribution is 9.10. The average molecular weight is 311 g/mol. The maximum absolute atomic E-state index is 13.5. The Hall–Kier alpha value is -1.69. The summed E-state index contributed by atoms with van der Waals surface area (Å²) < 4.78 is 13.9. The Kier molecular flexibility index (Phi) is 3.47. The molecule has 94 valence electrons. The predicted octanol–water partition coefficient (Wildman–Crippen LogP) is 3.32. The molecule has 1 aromatic carbocycles. The third-order valence-corrected chi connectivity index (χ3v) is 3.25. The summed E-state index contributed by atoms with van der Waals surface area (Å²) in [6.07, 6.45) is 1.37. The van der Waals surface area contributed by atoms with Crippen molar-refractivity contribution in [2.45, 2.75) is 13.8 Å². The maximum atomic E-state index is 13.5. The first-order valence-corrected chi connectivity index (χ1v) is 6.08. The molecule has 0 spiro atoms. The third kappa shape index (κ3) is 2.43. The molecule has 0 aliphatic carbocycles. The topological polar surface area (TPSA) is 63.8 Å². The predicted molar refractivity (Wildman–Crippen MR) is 73.3 cm³/mol. The van der Waals surface area contributed by atoms with Gasteiger partial charge < -0.3 is 11.1 Å². The van der Waals surface area contributed by atoms with Crippen LogP contribution >= 0.6 is 15.9 Å². The van der Waals surface area contributed by atoms with Gasteiger partial charge in [0.15, 0.2) is 0 Å². The van der Waals surface area contributed by atoms with Gasteiger partial charge in [0.2, 0.25) is 0 Å². The lowest BCUT2D eigenvalue weighted by Crippen LogP contribution is -2.03. The molecule has 4 nitrogen and oxygen atoms in total. The van der Waals surface area contributed by atoms with E-state index in [4.69, 9.17) is 5.73 Å². The molecule has 0 unspecified atom stereocenters. The van der Waals surface area contributed by atoms with Gasteiger partial charge in [-0.05, 0) is 47.5 Å². The second kappa shape index (κ2) is 4.89. The van der Waals surface area contributed by atoms with Gasteiger partial charge in [-0.15, -0.1) is 0 Å². The van der Waals surface area contributed by atoms with Crippen LogP contribution in [0.15, 0.2) is 22.9 Å². The van der Waals surface area contributed by atoms with Crippen LogP contribution in [0.4, 0.5) is 21.7 Å². The summed E-state index contributed by atoms with van der Waals surface area (Å²) in [7, 11) is 0. The van der Waals surface area contributed by atoms with Crippen LogP contribution in [0.1, 0.15) is 11.1 Å².